The Hall–Kier alpha value is -1.76. The van der Waals surface area contributed by atoms with Crippen molar-refractivity contribution in [2.24, 2.45) is 0 Å². The fourth-order valence-corrected chi connectivity index (χ4v) is 2.31. The molecule has 2 aromatic heterocycles. The zero-order chi connectivity index (χ0) is 14.0. The molecular weight excluding hydrogens is 277 g/mol. The van der Waals surface area contributed by atoms with E-state index in [4.69, 9.17) is 0 Å². The number of nitrogens with zero attached hydrogens (tertiary/aromatic N) is 2. The third kappa shape index (κ3) is 2.81. The highest BCUT2D eigenvalue weighted by atomic mass is 32.1. The normalized spacial score (nSPS) is 11.6. The number of alkyl halides is 3. The number of hydrogen-bond donors (Lipinski definition) is 0. The summed E-state index contributed by atoms with van der Waals surface area (Å²) in [5.41, 5.74) is 1.07. The predicted octanol–water partition coefficient (Wildman–Crippen LogP) is 3.35. The largest absolute Gasteiger partial charge is 0.443 e. The second kappa shape index (κ2) is 5.08. The summed E-state index contributed by atoms with van der Waals surface area (Å²) in [6.07, 6.45) is 0.0155. The Morgan fingerprint density at radius 1 is 1.37 bits per heavy atom. The van der Waals surface area contributed by atoms with Gasteiger partial charge in [0.25, 0.3) is 0 Å². The van der Waals surface area contributed by atoms with Crippen LogP contribution in [0.15, 0.2) is 24.7 Å². The van der Waals surface area contributed by atoms with Gasteiger partial charge >= 0.3 is 6.18 Å². The van der Waals surface area contributed by atoms with Crippen molar-refractivity contribution in [3.8, 4) is 0 Å². The molecule has 0 aliphatic rings. The minimum absolute atomic E-state index is 0.0202. The Labute approximate surface area is 111 Å². The van der Waals surface area contributed by atoms with Crippen LogP contribution >= 0.6 is 11.3 Å². The molecule has 3 nitrogen and oxygen atoms in total. The predicted molar refractivity (Wildman–Crippen MR) is 64.2 cm³/mol. The number of rotatable bonds is 3. The molecular formula is C12H9F3N2OS. The summed E-state index contributed by atoms with van der Waals surface area (Å²) in [5, 5.41) is -1.01. The molecule has 0 aliphatic heterocycles. The highest BCUT2D eigenvalue weighted by Crippen LogP contribution is 2.33. The fraction of sp³-hybridized carbons (Fsp3) is 0.250. The lowest BCUT2D eigenvalue weighted by Crippen LogP contribution is -2.04. The Bertz CT molecular complexity index is 607. The molecule has 0 saturated carbocycles. The lowest BCUT2D eigenvalue weighted by molar-refractivity contribution is -0.137. The summed E-state index contributed by atoms with van der Waals surface area (Å²) in [7, 11) is 0. The van der Waals surface area contributed by atoms with E-state index in [0.29, 0.717) is 28.9 Å². The number of hydrogen-bond acceptors (Lipinski definition) is 4. The zero-order valence-electron chi connectivity index (χ0n) is 9.86. The molecule has 0 amide bonds. The highest BCUT2D eigenvalue weighted by molar-refractivity contribution is 7.14. The molecule has 0 saturated heterocycles. The first-order valence-electron chi connectivity index (χ1n) is 5.44. The summed E-state index contributed by atoms with van der Waals surface area (Å²) >= 11 is 0.356. The van der Waals surface area contributed by atoms with E-state index in [1.807, 2.05) is 6.92 Å². The number of ketones is 1. The van der Waals surface area contributed by atoms with Crippen LogP contribution in [0.25, 0.3) is 0 Å². The molecule has 2 rings (SSSR count). The number of thiazole rings is 1. The van der Waals surface area contributed by atoms with Gasteiger partial charge in [-0.1, -0.05) is 6.92 Å². The van der Waals surface area contributed by atoms with Crippen molar-refractivity contribution in [1.29, 1.82) is 0 Å². The molecule has 0 spiro atoms. The van der Waals surface area contributed by atoms with Crippen molar-refractivity contribution in [3.63, 3.8) is 0 Å². The van der Waals surface area contributed by atoms with Gasteiger partial charge in [-0.15, -0.1) is 11.3 Å². The van der Waals surface area contributed by atoms with Gasteiger partial charge in [-0.3, -0.25) is 9.78 Å². The average molecular weight is 286 g/mol. The lowest BCUT2D eigenvalue weighted by atomic mass is 10.0. The van der Waals surface area contributed by atoms with Crippen molar-refractivity contribution in [3.05, 3.63) is 45.7 Å². The molecule has 0 N–H and O–H groups in total. The molecule has 2 aromatic rings. The van der Waals surface area contributed by atoms with Crippen molar-refractivity contribution < 1.29 is 18.0 Å². The van der Waals surface area contributed by atoms with E-state index in [-0.39, 0.29) is 4.88 Å². The second-order valence-corrected chi connectivity index (χ2v) is 4.77. The molecule has 0 aromatic carbocycles. The van der Waals surface area contributed by atoms with Gasteiger partial charge in [-0.05, 0) is 18.1 Å². The maximum atomic E-state index is 12.4. The Morgan fingerprint density at radius 3 is 2.68 bits per heavy atom. The van der Waals surface area contributed by atoms with Crippen LogP contribution in [0.5, 0.6) is 0 Å². The maximum Gasteiger partial charge on any atom is 0.443 e. The van der Waals surface area contributed by atoms with Gasteiger partial charge in [0.05, 0.1) is 4.88 Å². The summed E-state index contributed by atoms with van der Waals surface area (Å²) in [5.74, 6) is -0.452. The van der Waals surface area contributed by atoms with Crippen LogP contribution in [0, 0.1) is 0 Å². The van der Waals surface area contributed by atoms with Gasteiger partial charge in [0, 0.05) is 24.2 Å². The van der Waals surface area contributed by atoms with Crippen LogP contribution < -0.4 is 0 Å². The number of carbonyl (C=O) groups is 1. The van der Waals surface area contributed by atoms with E-state index in [0.717, 1.165) is 6.20 Å². The first kappa shape index (κ1) is 13.7. The fourth-order valence-electron chi connectivity index (χ4n) is 1.57. The monoisotopic (exact) mass is 286 g/mol. The Kier molecular flexibility index (Phi) is 3.66. The van der Waals surface area contributed by atoms with Crippen molar-refractivity contribution >= 4 is 17.1 Å². The van der Waals surface area contributed by atoms with Crippen molar-refractivity contribution in [1.82, 2.24) is 9.97 Å². The summed E-state index contributed by atoms with van der Waals surface area (Å²) in [6.45, 7) is 1.85. The number of aromatic nitrogens is 2. The molecule has 0 fully saturated rings. The van der Waals surface area contributed by atoms with Gasteiger partial charge in [-0.2, -0.15) is 13.2 Å². The molecule has 0 atom stereocenters. The standard InChI is InChI=1S/C12H9F3N2OS/c1-2-7-5-16-4-3-8(7)10(18)9-6-17-11(19-9)12(13,14)15/h3-6H,2H2,1H3. The van der Waals surface area contributed by atoms with E-state index in [1.165, 1.54) is 12.3 Å². The number of pyridine rings is 1. The molecule has 0 aliphatic carbocycles. The maximum absolute atomic E-state index is 12.4. The van der Waals surface area contributed by atoms with E-state index < -0.39 is 17.0 Å². The number of carbonyl (C=O) groups excluding carboxylic acids is 1. The van der Waals surface area contributed by atoms with Crippen molar-refractivity contribution in [2.45, 2.75) is 19.5 Å². The topological polar surface area (TPSA) is 42.9 Å². The average Bonchev–Trinajstić information content (AvgIpc) is 2.87. The van der Waals surface area contributed by atoms with E-state index in [2.05, 4.69) is 9.97 Å². The number of aryl methyl sites for hydroxylation is 1. The summed E-state index contributed by atoms with van der Waals surface area (Å²) in [6, 6.07) is 1.51. The minimum atomic E-state index is -4.52. The van der Waals surface area contributed by atoms with Crippen LogP contribution in [0.2, 0.25) is 0 Å². The molecule has 0 radical (unpaired) electrons. The highest BCUT2D eigenvalue weighted by Gasteiger charge is 2.35. The SMILES string of the molecule is CCc1cnccc1C(=O)c1cnc(C(F)(F)F)s1. The van der Waals surface area contributed by atoms with Gasteiger partial charge < -0.3 is 0 Å². The molecule has 100 valence electrons. The first-order valence-corrected chi connectivity index (χ1v) is 6.25. The quantitative estimate of drug-likeness (QED) is 0.813. The minimum Gasteiger partial charge on any atom is -0.288 e. The van der Waals surface area contributed by atoms with E-state index >= 15 is 0 Å². The van der Waals surface area contributed by atoms with Gasteiger partial charge in [0.15, 0.2) is 5.01 Å². The van der Waals surface area contributed by atoms with E-state index in [9.17, 15) is 18.0 Å². The van der Waals surface area contributed by atoms with Gasteiger partial charge in [-0.25, -0.2) is 4.98 Å². The molecule has 0 bridgehead atoms. The molecule has 0 unspecified atom stereocenters. The van der Waals surface area contributed by atoms with Crippen LogP contribution in [0.4, 0.5) is 13.2 Å². The third-order valence-corrected chi connectivity index (χ3v) is 3.54. The second-order valence-electron chi connectivity index (χ2n) is 3.74. The summed E-state index contributed by atoms with van der Waals surface area (Å²) < 4.78 is 37.3. The smallest absolute Gasteiger partial charge is 0.288 e. The van der Waals surface area contributed by atoms with Crippen LogP contribution in [0.1, 0.15) is 32.7 Å². The molecule has 2 heterocycles. The van der Waals surface area contributed by atoms with Gasteiger partial charge in [0.1, 0.15) is 0 Å². The van der Waals surface area contributed by atoms with E-state index in [1.54, 1.807) is 6.20 Å². The lowest BCUT2D eigenvalue weighted by Gasteiger charge is -2.03. The molecule has 7 heteroatoms. The first-order chi connectivity index (χ1) is 8.93. The van der Waals surface area contributed by atoms with Crippen LogP contribution in [-0.2, 0) is 12.6 Å². The Balaban J connectivity index is 2.37. The van der Waals surface area contributed by atoms with Crippen LogP contribution in [-0.4, -0.2) is 15.8 Å². The molecule has 19 heavy (non-hydrogen) atoms. The number of halogens is 3. The Morgan fingerprint density at radius 2 is 2.11 bits per heavy atom. The zero-order valence-corrected chi connectivity index (χ0v) is 10.7. The van der Waals surface area contributed by atoms with Crippen molar-refractivity contribution in [2.75, 3.05) is 0 Å². The van der Waals surface area contributed by atoms with Gasteiger partial charge in [0.2, 0.25) is 5.78 Å². The third-order valence-electron chi connectivity index (χ3n) is 2.50. The van der Waals surface area contributed by atoms with Crippen LogP contribution in [0.3, 0.4) is 0 Å². The summed E-state index contributed by atoms with van der Waals surface area (Å²) in [4.78, 5) is 19.3.